The average molecular weight is 324 g/mol. The zero-order valence-electron chi connectivity index (χ0n) is 18.4. The van der Waals surface area contributed by atoms with Crippen LogP contribution in [-0.2, 0) is 0 Å². The summed E-state index contributed by atoms with van der Waals surface area (Å²) in [4.78, 5) is 0. The fourth-order valence-corrected chi connectivity index (χ4v) is 3.44. The van der Waals surface area contributed by atoms with Crippen LogP contribution in [-0.4, -0.2) is 0 Å². The van der Waals surface area contributed by atoms with Crippen LogP contribution < -0.4 is 5.32 Å². The normalized spacial score (nSPS) is 14.0. The molecule has 0 aliphatic carbocycles. The number of para-hydroxylation sites is 1. The zero-order chi connectivity index (χ0) is 21.0. The monoisotopic (exact) mass is 324 g/mol. The van der Waals surface area contributed by atoms with Crippen LogP contribution in [0.3, 0.4) is 0 Å². The molecule has 0 aliphatic rings. The lowest BCUT2D eigenvalue weighted by Gasteiger charge is -2.12. The van der Waals surface area contributed by atoms with Crippen molar-refractivity contribution in [2.75, 3.05) is 5.32 Å². The fourth-order valence-electron chi connectivity index (χ4n) is 3.44. The maximum atomic E-state index is 8.15. The Balaban J connectivity index is 1.76. The third-order valence-electron chi connectivity index (χ3n) is 4.51. The highest BCUT2D eigenvalue weighted by Gasteiger charge is 2.08. The van der Waals surface area contributed by atoms with Crippen LogP contribution >= 0.6 is 0 Å². The van der Waals surface area contributed by atoms with E-state index in [9.17, 15) is 0 Å². The molecule has 5 aromatic rings. The van der Waals surface area contributed by atoms with Gasteiger partial charge in [-0.05, 0) is 56.5 Å². The van der Waals surface area contributed by atoms with E-state index in [0.29, 0.717) is 5.69 Å². The van der Waals surface area contributed by atoms with Crippen LogP contribution in [0, 0.1) is 0 Å². The first-order valence-corrected chi connectivity index (χ1v) is 8.14. The maximum absolute atomic E-state index is 8.15. The Labute approximate surface area is 153 Å². The molecule has 5 aromatic carbocycles. The van der Waals surface area contributed by atoms with Crippen LogP contribution in [0.1, 0.15) is 6.85 Å². The Morgan fingerprint density at radius 1 is 0.520 bits per heavy atom. The van der Waals surface area contributed by atoms with E-state index >= 15 is 0 Å². The zero-order valence-corrected chi connectivity index (χ0v) is 13.4. The molecule has 0 radical (unpaired) electrons. The standard InChI is InChI=1S/C24H17N/c1-2-8-17(9-3-1)25-18-14-15-23-21-12-5-4-10-19(21)20-11-6-7-13-22(20)24(23)16-18/h1-16,25H/i1D,2D,3D,8D,9D. The van der Waals surface area contributed by atoms with E-state index in [1.165, 1.54) is 5.39 Å². The minimum absolute atomic E-state index is 0.0745. The van der Waals surface area contributed by atoms with Crippen LogP contribution in [0.15, 0.2) is 96.9 Å². The summed E-state index contributed by atoms with van der Waals surface area (Å²) in [5.41, 5.74) is 0.743. The van der Waals surface area contributed by atoms with Gasteiger partial charge in [-0.15, -0.1) is 0 Å². The van der Waals surface area contributed by atoms with E-state index < -0.39 is 6.04 Å². The van der Waals surface area contributed by atoms with Gasteiger partial charge in [0.15, 0.2) is 0 Å². The van der Waals surface area contributed by atoms with E-state index in [-0.39, 0.29) is 29.9 Å². The van der Waals surface area contributed by atoms with Gasteiger partial charge >= 0.3 is 0 Å². The van der Waals surface area contributed by atoms with Crippen LogP contribution in [0.4, 0.5) is 11.4 Å². The molecule has 0 bridgehead atoms. The minimum Gasteiger partial charge on any atom is -0.356 e. The van der Waals surface area contributed by atoms with Gasteiger partial charge < -0.3 is 5.32 Å². The smallest absolute Gasteiger partial charge is 0.0645 e. The summed E-state index contributed by atoms with van der Waals surface area (Å²) in [5, 5.41) is 9.81. The van der Waals surface area contributed by atoms with Crippen molar-refractivity contribution in [3.63, 3.8) is 0 Å². The Morgan fingerprint density at radius 2 is 1.04 bits per heavy atom. The molecule has 0 amide bonds. The van der Waals surface area contributed by atoms with Gasteiger partial charge in [0.1, 0.15) is 0 Å². The van der Waals surface area contributed by atoms with E-state index in [2.05, 4.69) is 29.6 Å². The predicted octanol–water partition coefficient (Wildman–Crippen LogP) is 6.89. The molecule has 0 saturated heterocycles. The van der Waals surface area contributed by atoms with E-state index in [1.807, 2.05) is 42.5 Å². The number of benzene rings is 5. The maximum Gasteiger partial charge on any atom is 0.0645 e. The summed E-state index contributed by atoms with van der Waals surface area (Å²) in [6, 6.07) is 20.8. The van der Waals surface area contributed by atoms with Gasteiger partial charge in [-0.1, -0.05) is 72.7 Å². The number of hydrogen-bond donors (Lipinski definition) is 1. The first-order valence-electron chi connectivity index (χ1n) is 10.6. The predicted molar refractivity (Wildman–Crippen MR) is 109 cm³/mol. The van der Waals surface area contributed by atoms with Gasteiger partial charge in [0.05, 0.1) is 6.85 Å². The summed E-state index contributed by atoms with van der Waals surface area (Å²) in [5.74, 6) is 0. The lowest BCUT2D eigenvalue weighted by Crippen LogP contribution is -1.90. The van der Waals surface area contributed by atoms with Crippen LogP contribution in [0.2, 0.25) is 0 Å². The highest BCUT2D eigenvalue weighted by atomic mass is 14.9. The van der Waals surface area contributed by atoms with Gasteiger partial charge in [0.25, 0.3) is 0 Å². The largest absolute Gasteiger partial charge is 0.356 e. The van der Waals surface area contributed by atoms with Gasteiger partial charge in [-0.25, -0.2) is 0 Å². The second-order valence-corrected chi connectivity index (χ2v) is 5.98. The summed E-state index contributed by atoms with van der Waals surface area (Å²) in [6.45, 7) is 0. The summed E-state index contributed by atoms with van der Waals surface area (Å²) < 4.78 is 39.8. The Hall–Kier alpha value is -3.32. The summed E-state index contributed by atoms with van der Waals surface area (Å²) >= 11 is 0. The van der Waals surface area contributed by atoms with Crippen molar-refractivity contribution in [1.82, 2.24) is 0 Å². The molecule has 0 atom stereocenters. The Bertz CT molecular complexity index is 1410. The molecule has 1 N–H and O–H groups in total. The van der Waals surface area contributed by atoms with Gasteiger partial charge in [-0.3, -0.25) is 0 Å². The van der Waals surface area contributed by atoms with E-state index in [1.54, 1.807) is 0 Å². The highest BCUT2D eigenvalue weighted by molar-refractivity contribution is 6.25. The van der Waals surface area contributed by atoms with Gasteiger partial charge in [0.2, 0.25) is 0 Å². The lowest BCUT2D eigenvalue weighted by molar-refractivity contribution is 1.57. The molecular formula is C24H17N. The second-order valence-electron chi connectivity index (χ2n) is 5.98. The van der Waals surface area contributed by atoms with Crippen molar-refractivity contribution in [3.05, 3.63) is 96.9 Å². The number of fused-ring (bicyclic) bond motifs is 6. The first kappa shape index (κ1) is 9.85. The number of rotatable bonds is 2. The molecule has 1 nitrogen and oxygen atoms in total. The topological polar surface area (TPSA) is 12.0 Å². The van der Waals surface area contributed by atoms with Crippen molar-refractivity contribution in [2.45, 2.75) is 0 Å². The SMILES string of the molecule is [2H]c1c([2H])c([2H])c(Nc2ccc3c4ccccc4c4ccccc4c3c2)c([2H])c1[2H]. The van der Waals surface area contributed by atoms with Crippen molar-refractivity contribution in [3.8, 4) is 0 Å². The number of nitrogens with one attached hydrogen (secondary N) is 1. The molecule has 0 aromatic heterocycles. The van der Waals surface area contributed by atoms with Crippen molar-refractivity contribution in [2.24, 2.45) is 0 Å². The molecular weight excluding hydrogens is 302 g/mol. The van der Waals surface area contributed by atoms with Crippen molar-refractivity contribution in [1.29, 1.82) is 0 Å². The van der Waals surface area contributed by atoms with Crippen LogP contribution in [0.5, 0.6) is 0 Å². The molecule has 5 rings (SSSR count). The Morgan fingerprint density at radius 3 is 1.64 bits per heavy atom. The molecule has 0 heterocycles. The molecule has 0 saturated carbocycles. The summed E-state index contributed by atoms with van der Waals surface area (Å²) in [6.07, 6.45) is 0. The van der Waals surface area contributed by atoms with Crippen molar-refractivity contribution < 1.29 is 6.85 Å². The fraction of sp³-hybridized carbons (Fsp3) is 0. The van der Waals surface area contributed by atoms with Crippen LogP contribution in [0.25, 0.3) is 32.3 Å². The molecule has 0 unspecified atom stereocenters. The number of hydrogen-bond acceptors (Lipinski definition) is 1. The minimum atomic E-state index is -0.397. The molecule has 25 heavy (non-hydrogen) atoms. The van der Waals surface area contributed by atoms with Gasteiger partial charge in [-0.2, -0.15) is 0 Å². The molecule has 0 spiro atoms. The first-order chi connectivity index (χ1) is 14.5. The lowest BCUT2D eigenvalue weighted by atomic mass is 9.94. The molecule has 0 aliphatic heterocycles. The van der Waals surface area contributed by atoms with E-state index in [4.69, 9.17) is 6.85 Å². The van der Waals surface area contributed by atoms with Crippen molar-refractivity contribution >= 4 is 43.7 Å². The highest BCUT2D eigenvalue weighted by Crippen LogP contribution is 2.36. The van der Waals surface area contributed by atoms with E-state index in [0.717, 1.165) is 26.9 Å². The third kappa shape index (κ3) is 2.33. The third-order valence-corrected chi connectivity index (χ3v) is 4.51. The number of anilines is 2. The second kappa shape index (κ2) is 5.64. The molecule has 0 fully saturated rings. The molecule has 118 valence electrons. The summed E-state index contributed by atoms with van der Waals surface area (Å²) in [7, 11) is 0. The quantitative estimate of drug-likeness (QED) is 0.349. The van der Waals surface area contributed by atoms with Gasteiger partial charge in [0, 0.05) is 11.4 Å². The Kier molecular flexibility index (Phi) is 2.22. The average Bonchev–Trinajstić information content (AvgIpc) is 2.79. The molecule has 1 heteroatoms.